The number of nitrogens with one attached hydrogen (secondary N) is 1. The van der Waals surface area contributed by atoms with Crippen LogP contribution < -0.4 is 5.32 Å². The monoisotopic (exact) mass is 532 g/mol. The molecule has 2 fully saturated rings. The minimum absolute atomic E-state index is 0.237. The summed E-state index contributed by atoms with van der Waals surface area (Å²) < 4.78 is 7.12. The van der Waals surface area contributed by atoms with Gasteiger partial charge in [0.2, 0.25) is 0 Å². The number of hydrogen-bond acceptors (Lipinski definition) is 6. The molecular weight excluding hydrogens is 500 g/mol. The SMILES string of the molecule is Cc1cc(NC(=O)c2cnn(-c3ncc(C4CC4)cc3Cl)c2C)cnc1C1=CCC(N2CCOCC2)CC1. The molecule has 3 aliphatic rings. The number of morpholine rings is 1. The Morgan fingerprint density at radius 3 is 2.58 bits per heavy atom. The largest absolute Gasteiger partial charge is 0.379 e. The van der Waals surface area contributed by atoms with E-state index in [2.05, 4.69) is 33.3 Å². The standard InChI is InChI=1S/C29H33ClN6O2/c1-18-13-23(16-31-27(18)21-5-7-24(8-6-21)35-9-11-38-12-10-35)34-29(37)25-17-33-36(19(25)2)28-26(30)14-22(15-32-28)20-3-4-20/h5,13-17,20,24H,3-4,6-12H2,1-2H3,(H,34,37). The number of halogens is 1. The van der Waals surface area contributed by atoms with Gasteiger partial charge in [0.25, 0.3) is 5.91 Å². The highest BCUT2D eigenvalue weighted by molar-refractivity contribution is 6.32. The van der Waals surface area contributed by atoms with Crippen molar-refractivity contribution < 1.29 is 9.53 Å². The normalized spacial score (nSPS) is 20.3. The van der Waals surface area contributed by atoms with E-state index in [-0.39, 0.29) is 5.91 Å². The number of rotatable bonds is 6. The molecule has 2 aliphatic carbocycles. The highest BCUT2D eigenvalue weighted by atomic mass is 35.5. The second-order valence-corrected chi connectivity index (χ2v) is 11.0. The van der Waals surface area contributed by atoms with Gasteiger partial charge in [0.1, 0.15) is 0 Å². The minimum atomic E-state index is -0.237. The Balaban J connectivity index is 1.13. The number of allylic oxidation sites excluding steroid dienone is 1. The Kier molecular flexibility index (Phi) is 7.03. The lowest BCUT2D eigenvalue weighted by Crippen LogP contribution is -2.43. The molecule has 0 aromatic carbocycles. The first-order valence-corrected chi connectivity index (χ1v) is 13.9. The molecule has 1 amide bonds. The summed E-state index contributed by atoms with van der Waals surface area (Å²) in [6.45, 7) is 7.61. The number of carbonyl (C=O) groups is 1. The van der Waals surface area contributed by atoms with E-state index in [4.69, 9.17) is 21.3 Å². The number of pyridine rings is 2. The summed E-state index contributed by atoms with van der Waals surface area (Å²) in [6, 6.07) is 4.54. The van der Waals surface area contributed by atoms with Crippen LogP contribution in [0.1, 0.15) is 70.9 Å². The van der Waals surface area contributed by atoms with Crippen LogP contribution in [0.4, 0.5) is 5.69 Å². The highest BCUT2D eigenvalue weighted by Crippen LogP contribution is 2.41. The van der Waals surface area contributed by atoms with Crippen LogP contribution in [0.3, 0.4) is 0 Å². The molecule has 3 aromatic rings. The Hall–Kier alpha value is -3.07. The lowest BCUT2D eigenvalue weighted by Gasteiger charge is -2.36. The van der Waals surface area contributed by atoms with Crippen molar-refractivity contribution in [3.8, 4) is 5.82 Å². The van der Waals surface area contributed by atoms with Gasteiger partial charge in [-0.25, -0.2) is 9.67 Å². The molecule has 9 heteroatoms. The number of aromatic nitrogens is 4. The number of aryl methyl sites for hydroxylation is 1. The van der Waals surface area contributed by atoms with Crippen molar-refractivity contribution in [2.24, 2.45) is 0 Å². The Bertz CT molecular complexity index is 1390. The number of ether oxygens (including phenoxy) is 1. The van der Waals surface area contributed by atoms with Crippen LogP contribution in [0.5, 0.6) is 0 Å². The molecule has 0 bridgehead atoms. The van der Waals surface area contributed by atoms with E-state index in [0.29, 0.717) is 39.7 Å². The summed E-state index contributed by atoms with van der Waals surface area (Å²) >= 11 is 6.53. The molecule has 0 radical (unpaired) electrons. The van der Waals surface area contributed by atoms with Gasteiger partial charge in [-0.3, -0.25) is 14.7 Å². The van der Waals surface area contributed by atoms with Crippen LogP contribution in [0.25, 0.3) is 11.4 Å². The number of nitrogens with zero attached hydrogens (tertiary/aromatic N) is 5. The zero-order valence-electron chi connectivity index (χ0n) is 21.9. The second-order valence-electron chi connectivity index (χ2n) is 10.6. The smallest absolute Gasteiger partial charge is 0.259 e. The molecule has 4 heterocycles. The third-order valence-corrected chi connectivity index (χ3v) is 8.21. The average Bonchev–Trinajstić information content (AvgIpc) is 3.71. The summed E-state index contributed by atoms with van der Waals surface area (Å²) in [6.07, 6.45) is 13.1. The van der Waals surface area contributed by atoms with Gasteiger partial charge in [0.05, 0.1) is 53.3 Å². The van der Waals surface area contributed by atoms with Crippen LogP contribution in [0.2, 0.25) is 5.02 Å². The molecule has 1 saturated heterocycles. The molecule has 8 nitrogen and oxygen atoms in total. The van der Waals surface area contributed by atoms with Gasteiger partial charge in [0, 0.05) is 25.3 Å². The molecular formula is C29H33ClN6O2. The van der Waals surface area contributed by atoms with Crippen molar-refractivity contribution >= 4 is 28.8 Å². The van der Waals surface area contributed by atoms with E-state index in [1.54, 1.807) is 17.1 Å². The first kappa shape index (κ1) is 25.2. The van der Waals surface area contributed by atoms with Crippen LogP contribution >= 0.6 is 11.6 Å². The number of anilines is 1. The molecule has 0 spiro atoms. The zero-order chi connectivity index (χ0) is 26.2. The van der Waals surface area contributed by atoms with Gasteiger partial charge in [0.15, 0.2) is 5.82 Å². The summed E-state index contributed by atoms with van der Waals surface area (Å²) in [4.78, 5) is 25.0. The van der Waals surface area contributed by atoms with E-state index in [1.165, 1.54) is 18.4 Å². The fraction of sp³-hybridized carbons (Fsp3) is 0.448. The van der Waals surface area contributed by atoms with Crippen LogP contribution in [-0.4, -0.2) is 62.9 Å². The van der Waals surface area contributed by atoms with E-state index in [0.717, 1.165) is 62.4 Å². The van der Waals surface area contributed by atoms with Gasteiger partial charge in [-0.2, -0.15) is 5.10 Å². The van der Waals surface area contributed by atoms with Gasteiger partial charge >= 0.3 is 0 Å². The quantitative estimate of drug-likeness (QED) is 0.462. The molecule has 1 atom stereocenters. The van der Waals surface area contributed by atoms with Crippen molar-refractivity contribution in [1.29, 1.82) is 0 Å². The summed E-state index contributed by atoms with van der Waals surface area (Å²) in [7, 11) is 0. The average molecular weight is 533 g/mol. The Morgan fingerprint density at radius 1 is 1.08 bits per heavy atom. The second kappa shape index (κ2) is 10.6. The Morgan fingerprint density at radius 2 is 1.89 bits per heavy atom. The van der Waals surface area contributed by atoms with E-state index in [9.17, 15) is 4.79 Å². The topological polar surface area (TPSA) is 85.2 Å². The molecule has 1 saturated carbocycles. The zero-order valence-corrected chi connectivity index (χ0v) is 22.7. The van der Waals surface area contributed by atoms with E-state index in [1.807, 2.05) is 25.3 Å². The lowest BCUT2D eigenvalue weighted by atomic mass is 9.90. The third kappa shape index (κ3) is 5.13. The number of amides is 1. The summed E-state index contributed by atoms with van der Waals surface area (Å²) in [5.74, 6) is 0.865. The van der Waals surface area contributed by atoms with Crippen molar-refractivity contribution in [2.75, 3.05) is 31.6 Å². The van der Waals surface area contributed by atoms with Crippen LogP contribution in [-0.2, 0) is 4.74 Å². The molecule has 6 rings (SSSR count). The molecule has 1 N–H and O–H groups in total. The lowest BCUT2D eigenvalue weighted by molar-refractivity contribution is 0.0150. The fourth-order valence-electron chi connectivity index (χ4n) is 5.57. The first-order chi connectivity index (χ1) is 18.5. The van der Waals surface area contributed by atoms with Gasteiger partial charge in [-0.1, -0.05) is 17.7 Å². The number of carbonyl (C=O) groups excluding carboxylic acids is 1. The summed E-state index contributed by atoms with van der Waals surface area (Å²) in [5, 5.41) is 7.93. The maximum Gasteiger partial charge on any atom is 0.259 e. The molecule has 38 heavy (non-hydrogen) atoms. The minimum Gasteiger partial charge on any atom is -0.379 e. The molecule has 198 valence electrons. The first-order valence-electron chi connectivity index (χ1n) is 13.5. The van der Waals surface area contributed by atoms with E-state index >= 15 is 0 Å². The van der Waals surface area contributed by atoms with Gasteiger partial charge in [-0.15, -0.1) is 0 Å². The summed E-state index contributed by atoms with van der Waals surface area (Å²) in [5.41, 5.74) is 6.34. The van der Waals surface area contributed by atoms with Crippen molar-refractivity contribution in [3.05, 3.63) is 69.9 Å². The van der Waals surface area contributed by atoms with Gasteiger partial charge in [-0.05, 0) is 80.7 Å². The fourth-order valence-corrected chi connectivity index (χ4v) is 5.83. The van der Waals surface area contributed by atoms with Crippen LogP contribution in [0.15, 0.2) is 36.8 Å². The van der Waals surface area contributed by atoms with Crippen LogP contribution in [0, 0.1) is 13.8 Å². The number of hydrogen-bond donors (Lipinski definition) is 1. The third-order valence-electron chi connectivity index (χ3n) is 7.93. The Labute approximate surface area is 228 Å². The maximum atomic E-state index is 13.1. The molecule has 1 unspecified atom stereocenters. The van der Waals surface area contributed by atoms with Crippen molar-refractivity contribution in [2.45, 2.75) is 57.9 Å². The van der Waals surface area contributed by atoms with Crippen molar-refractivity contribution in [1.82, 2.24) is 24.6 Å². The maximum absolute atomic E-state index is 13.1. The van der Waals surface area contributed by atoms with Gasteiger partial charge < -0.3 is 10.1 Å². The predicted octanol–water partition coefficient (Wildman–Crippen LogP) is 5.33. The predicted molar refractivity (Wildman–Crippen MR) is 148 cm³/mol. The molecule has 1 aliphatic heterocycles. The molecule has 3 aromatic heterocycles. The van der Waals surface area contributed by atoms with Crippen molar-refractivity contribution in [3.63, 3.8) is 0 Å². The van der Waals surface area contributed by atoms with E-state index < -0.39 is 0 Å². The highest BCUT2D eigenvalue weighted by Gasteiger charge is 2.26.